The molecule has 0 radical (unpaired) electrons. The van der Waals surface area contributed by atoms with E-state index in [4.69, 9.17) is 9.84 Å². The Kier molecular flexibility index (Phi) is 3.25. The number of esters is 1. The predicted octanol–water partition coefficient (Wildman–Crippen LogP) is -0.388. The average molecular weight is 187 g/mol. The summed E-state index contributed by atoms with van der Waals surface area (Å²) in [6.07, 6.45) is 0.328. The fourth-order valence-electron chi connectivity index (χ4n) is 1.35. The van der Waals surface area contributed by atoms with E-state index in [0.717, 1.165) is 0 Å². The van der Waals surface area contributed by atoms with Gasteiger partial charge in [0.25, 0.3) is 0 Å². The molecule has 2 N–H and O–H groups in total. The van der Waals surface area contributed by atoms with Crippen LogP contribution in [0.2, 0.25) is 0 Å². The standard InChI is InChI=1S/C8H13NO4/c1-2-13-8(12)6-3-5(4-9-6)7(10)11/h5-6,9H,2-4H2,1H3,(H,10,11). The lowest BCUT2D eigenvalue weighted by atomic mass is 10.1. The van der Waals surface area contributed by atoms with Gasteiger partial charge in [0.15, 0.2) is 0 Å². The Morgan fingerprint density at radius 3 is 2.77 bits per heavy atom. The number of aliphatic carboxylic acids is 1. The minimum Gasteiger partial charge on any atom is -0.481 e. The van der Waals surface area contributed by atoms with Gasteiger partial charge in [0.05, 0.1) is 12.5 Å². The van der Waals surface area contributed by atoms with Gasteiger partial charge < -0.3 is 15.2 Å². The van der Waals surface area contributed by atoms with Crippen LogP contribution < -0.4 is 5.32 Å². The molecule has 5 heteroatoms. The summed E-state index contributed by atoms with van der Waals surface area (Å²) in [4.78, 5) is 21.7. The molecule has 0 amide bonds. The average Bonchev–Trinajstić information content (AvgIpc) is 2.52. The van der Waals surface area contributed by atoms with E-state index in [2.05, 4.69) is 5.32 Å². The summed E-state index contributed by atoms with van der Waals surface area (Å²) in [5.74, 6) is -1.68. The molecule has 0 spiro atoms. The van der Waals surface area contributed by atoms with Crippen molar-refractivity contribution in [2.75, 3.05) is 13.2 Å². The molecule has 0 aliphatic carbocycles. The zero-order valence-electron chi connectivity index (χ0n) is 7.45. The smallest absolute Gasteiger partial charge is 0.323 e. The first-order chi connectivity index (χ1) is 6.15. The lowest BCUT2D eigenvalue weighted by molar-refractivity contribution is -0.145. The second kappa shape index (κ2) is 4.23. The molecule has 1 aliphatic heterocycles. The summed E-state index contributed by atoms with van der Waals surface area (Å²) < 4.78 is 4.76. The maximum Gasteiger partial charge on any atom is 0.323 e. The highest BCUT2D eigenvalue weighted by Gasteiger charge is 2.34. The molecule has 0 aromatic heterocycles. The topological polar surface area (TPSA) is 75.6 Å². The maximum atomic E-state index is 11.1. The molecule has 13 heavy (non-hydrogen) atoms. The fraction of sp³-hybridized carbons (Fsp3) is 0.750. The van der Waals surface area contributed by atoms with Crippen LogP contribution in [0.25, 0.3) is 0 Å². The Morgan fingerprint density at radius 1 is 1.62 bits per heavy atom. The maximum absolute atomic E-state index is 11.1. The molecule has 2 unspecified atom stereocenters. The molecule has 0 saturated carbocycles. The Hall–Kier alpha value is -1.10. The van der Waals surface area contributed by atoms with Crippen LogP contribution in [0.15, 0.2) is 0 Å². The number of hydrogen-bond acceptors (Lipinski definition) is 4. The first-order valence-electron chi connectivity index (χ1n) is 4.28. The van der Waals surface area contributed by atoms with E-state index in [1.807, 2.05) is 0 Å². The van der Waals surface area contributed by atoms with Crippen molar-refractivity contribution in [1.29, 1.82) is 0 Å². The van der Waals surface area contributed by atoms with Crippen LogP contribution in [0, 0.1) is 5.92 Å². The highest BCUT2D eigenvalue weighted by atomic mass is 16.5. The van der Waals surface area contributed by atoms with Crippen LogP contribution in [-0.2, 0) is 14.3 Å². The van der Waals surface area contributed by atoms with E-state index in [9.17, 15) is 9.59 Å². The second-order valence-corrected chi connectivity index (χ2v) is 2.98. The molecule has 1 heterocycles. The predicted molar refractivity (Wildman–Crippen MR) is 44.2 cm³/mol. The SMILES string of the molecule is CCOC(=O)C1CC(C(=O)O)CN1. The van der Waals surface area contributed by atoms with E-state index < -0.39 is 17.9 Å². The molecular weight excluding hydrogens is 174 g/mol. The second-order valence-electron chi connectivity index (χ2n) is 2.98. The Balaban J connectivity index is 2.40. The number of nitrogens with one attached hydrogen (secondary N) is 1. The third-order valence-corrected chi connectivity index (χ3v) is 2.05. The molecule has 0 bridgehead atoms. The van der Waals surface area contributed by atoms with Crippen molar-refractivity contribution in [2.45, 2.75) is 19.4 Å². The van der Waals surface area contributed by atoms with Crippen molar-refractivity contribution in [3.05, 3.63) is 0 Å². The van der Waals surface area contributed by atoms with Gasteiger partial charge in [-0.1, -0.05) is 0 Å². The van der Waals surface area contributed by atoms with Gasteiger partial charge >= 0.3 is 11.9 Å². The van der Waals surface area contributed by atoms with Gasteiger partial charge in [-0.15, -0.1) is 0 Å². The molecule has 1 rings (SSSR count). The van der Waals surface area contributed by atoms with E-state index in [1.165, 1.54) is 0 Å². The summed E-state index contributed by atoms with van der Waals surface area (Å²) in [7, 11) is 0. The van der Waals surface area contributed by atoms with Crippen LogP contribution in [0.1, 0.15) is 13.3 Å². The van der Waals surface area contributed by atoms with Gasteiger partial charge in [-0.3, -0.25) is 9.59 Å². The van der Waals surface area contributed by atoms with Gasteiger partial charge in [0.1, 0.15) is 6.04 Å². The molecule has 0 aromatic rings. The molecule has 2 atom stereocenters. The normalized spacial score (nSPS) is 27.2. The Labute approximate surface area is 76.1 Å². The number of carboxylic acids is 1. The highest BCUT2D eigenvalue weighted by Crippen LogP contribution is 2.14. The van der Waals surface area contributed by atoms with Crippen LogP contribution in [0.4, 0.5) is 0 Å². The number of hydrogen-bond donors (Lipinski definition) is 2. The monoisotopic (exact) mass is 187 g/mol. The molecule has 0 aromatic carbocycles. The van der Waals surface area contributed by atoms with Crippen molar-refractivity contribution in [3.63, 3.8) is 0 Å². The third-order valence-electron chi connectivity index (χ3n) is 2.05. The Bertz CT molecular complexity index is 216. The van der Waals surface area contributed by atoms with Crippen molar-refractivity contribution in [2.24, 2.45) is 5.92 Å². The van der Waals surface area contributed by atoms with Gasteiger partial charge in [0, 0.05) is 6.54 Å². The van der Waals surface area contributed by atoms with Crippen molar-refractivity contribution in [3.8, 4) is 0 Å². The van der Waals surface area contributed by atoms with Crippen LogP contribution in [0.3, 0.4) is 0 Å². The molecule has 74 valence electrons. The molecule has 1 fully saturated rings. The van der Waals surface area contributed by atoms with E-state index in [1.54, 1.807) is 6.92 Å². The fourth-order valence-corrected chi connectivity index (χ4v) is 1.35. The highest BCUT2D eigenvalue weighted by molar-refractivity contribution is 5.79. The summed E-state index contributed by atoms with van der Waals surface area (Å²) in [5, 5.41) is 11.5. The van der Waals surface area contributed by atoms with Crippen molar-refractivity contribution in [1.82, 2.24) is 5.32 Å². The summed E-state index contributed by atoms with van der Waals surface area (Å²) in [5.41, 5.74) is 0. The summed E-state index contributed by atoms with van der Waals surface area (Å²) in [6.45, 7) is 2.40. The minimum absolute atomic E-state index is 0.328. The number of carboxylic acid groups (broad SMARTS) is 1. The van der Waals surface area contributed by atoms with Gasteiger partial charge in [-0.2, -0.15) is 0 Å². The largest absolute Gasteiger partial charge is 0.481 e. The van der Waals surface area contributed by atoms with Gasteiger partial charge in [-0.25, -0.2) is 0 Å². The van der Waals surface area contributed by atoms with Gasteiger partial charge in [-0.05, 0) is 13.3 Å². The number of carbonyl (C=O) groups excluding carboxylic acids is 1. The lowest BCUT2D eigenvalue weighted by Crippen LogP contribution is -2.32. The minimum atomic E-state index is -0.862. The molecule has 1 saturated heterocycles. The summed E-state index contributed by atoms with van der Waals surface area (Å²) >= 11 is 0. The number of carbonyl (C=O) groups is 2. The zero-order valence-corrected chi connectivity index (χ0v) is 7.45. The first-order valence-corrected chi connectivity index (χ1v) is 4.28. The van der Waals surface area contributed by atoms with E-state index >= 15 is 0 Å². The number of rotatable bonds is 3. The van der Waals surface area contributed by atoms with Gasteiger partial charge in [0.2, 0.25) is 0 Å². The van der Waals surface area contributed by atoms with Crippen molar-refractivity contribution >= 4 is 11.9 Å². The van der Waals surface area contributed by atoms with Crippen molar-refractivity contribution < 1.29 is 19.4 Å². The van der Waals surface area contributed by atoms with Crippen LogP contribution in [0.5, 0.6) is 0 Å². The zero-order chi connectivity index (χ0) is 9.84. The van der Waals surface area contributed by atoms with Crippen LogP contribution in [-0.4, -0.2) is 36.2 Å². The quantitative estimate of drug-likeness (QED) is 0.588. The lowest BCUT2D eigenvalue weighted by Gasteiger charge is -2.07. The third kappa shape index (κ3) is 2.42. The van der Waals surface area contributed by atoms with Crippen LogP contribution >= 0.6 is 0 Å². The molecular formula is C8H13NO4. The van der Waals surface area contributed by atoms with E-state index in [0.29, 0.717) is 19.6 Å². The first kappa shape index (κ1) is 9.98. The Morgan fingerprint density at radius 2 is 2.31 bits per heavy atom. The van der Waals surface area contributed by atoms with E-state index in [-0.39, 0.29) is 5.97 Å². The molecule has 5 nitrogen and oxygen atoms in total. The molecule has 1 aliphatic rings. The number of ether oxygens (including phenoxy) is 1. The summed E-state index contributed by atoms with van der Waals surface area (Å²) in [6, 6.07) is -0.443.